The SMILES string of the molecule is CC1CCc2cc(Cl)c(C(F)(F)F)cc2N=C(N2CCN(C)CC2)C1=N. The van der Waals surface area contributed by atoms with Gasteiger partial charge in [0.25, 0.3) is 0 Å². The van der Waals surface area contributed by atoms with Crippen LogP contribution in [0.5, 0.6) is 0 Å². The summed E-state index contributed by atoms with van der Waals surface area (Å²) in [5.41, 5.74) is 0.490. The van der Waals surface area contributed by atoms with E-state index in [0.29, 0.717) is 43.0 Å². The van der Waals surface area contributed by atoms with Gasteiger partial charge in [0.2, 0.25) is 0 Å². The van der Waals surface area contributed by atoms with Gasteiger partial charge in [0, 0.05) is 32.1 Å². The molecule has 3 rings (SSSR count). The summed E-state index contributed by atoms with van der Waals surface area (Å²) < 4.78 is 39.7. The summed E-state index contributed by atoms with van der Waals surface area (Å²) in [6.45, 7) is 5.05. The maximum Gasteiger partial charge on any atom is 0.417 e. The third-order valence-electron chi connectivity index (χ3n) is 5.08. The van der Waals surface area contributed by atoms with Gasteiger partial charge in [0.05, 0.1) is 22.0 Å². The van der Waals surface area contributed by atoms with E-state index >= 15 is 0 Å². The van der Waals surface area contributed by atoms with E-state index in [2.05, 4.69) is 9.89 Å². The lowest BCUT2D eigenvalue weighted by Gasteiger charge is -2.36. The smallest absolute Gasteiger partial charge is 0.353 e. The highest BCUT2D eigenvalue weighted by atomic mass is 35.5. The molecule has 1 atom stereocenters. The molecule has 0 radical (unpaired) electrons. The minimum absolute atomic E-state index is 0.0115. The summed E-state index contributed by atoms with van der Waals surface area (Å²) in [4.78, 5) is 8.73. The van der Waals surface area contributed by atoms with Gasteiger partial charge in [-0.25, -0.2) is 4.99 Å². The van der Waals surface area contributed by atoms with Crippen molar-refractivity contribution in [2.75, 3.05) is 33.2 Å². The third-order valence-corrected chi connectivity index (χ3v) is 5.40. The summed E-state index contributed by atoms with van der Waals surface area (Å²) in [5.74, 6) is 0.477. The number of aryl methyl sites for hydroxylation is 1. The second-order valence-electron chi connectivity index (χ2n) is 7.04. The van der Waals surface area contributed by atoms with Crippen molar-refractivity contribution in [2.45, 2.75) is 25.9 Å². The normalized spacial score (nSPS) is 22.5. The molecule has 2 aliphatic heterocycles. The maximum atomic E-state index is 13.2. The Morgan fingerprint density at radius 1 is 1.19 bits per heavy atom. The van der Waals surface area contributed by atoms with Gasteiger partial charge in [-0.05, 0) is 37.6 Å². The first-order valence-electron chi connectivity index (χ1n) is 8.67. The highest BCUT2D eigenvalue weighted by Gasteiger charge is 2.35. The summed E-state index contributed by atoms with van der Waals surface area (Å²) >= 11 is 5.88. The number of hydrogen-bond acceptors (Lipinski definition) is 4. The van der Waals surface area contributed by atoms with Crippen molar-refractivity contribution in [1.29, 1.82) is 5.41 Å². The van der Waals surface area contributed by atoms with E-state index in [4.69, 9.17) is 17.0 Å². The van der Waals surface area contributed by atoms with E-state index in [1.807, 2.05) is 18.9 Å². The van der Waals surface area contributed by atoms with Crippen LogP contribution in [-0.4, -0.2) is 54.6 Å². The van der Waals surface area contributed by atoms with Crippen LogP contribution in [0.15, 0.2) is 17.1 Å². The van der Waals surface area contributed by atoms with E-state index in [1.165, 1.54) is 6.07 Å². The number of likely N-dealkylation sites (N-methyl/N-ethyl adjacent to an activating group) is 1. The van der Waals surface area contributed by atoms with Crippen molar-refractivity contribution in [3.8, 4) is 0 Å². The van der Waals surface area contributed by atoms with E-state index in [-0.39, 0.29) is 16.6 Å². The zero-order valence-electron chi connectivity index (χ0n) is 14.8. The highest BCUT2D eigenvalue weighted by Crippen LogP contribution is 2.40. The predicted molar refractivity (Wildman–Crippen MR) is 97.8 cm³/mol. The lowest BCUT2D eigenvalue weighted by atomic mass is 9.92. The molecule has 1 aromatic rings. The molecular formula is C18H22ClF3N4. The fourth-order valence-electron chi connectivity index (χ4n) is 3.29. The summed E-state index contributed by atoms with van der Waals surface area (Å²) in [6.07, 6.45) is -3.30. The molecule has 2 heterocycles. The van der Waals surface area contributed by atoms with E-state index < -0.39 is 11.7 Å². The molecule has 26 heavy (non-hydrogen) atoms. The quantitative estimate of drug-likeness (QED) is 0.724. The molecule has 1 aromatic carbocycles. The number of hydrogen-bond donors (Lipinski definition) is 1. The average molecular weight is 387 g/mol. The van der Waals surface area contributed by atoms with Gasteiger partial charge in [0.1, 0.15) is 0 Å². The van der Waals surface area contributed by atoms with Crippen LogP contribution in [0.25, 0.3) is 0 Å². The van der Waals surface area contributed by atoms with Crippen molar-refractivity contribution in [3.05, 3.63) is 28.3 Å². The summed E-state index contributed by atoms with van der Waals surface area (Å²) in [7, 11) is 2.03. The molecule has 142 valence electrons. The first-order chi connectivity index (χ1) is 12.2. The molecule has 8 heteroatoms. The van der Waals surface area contributed by atoms with Crippen LogP contribution in [0.3, 0.4) is 0 Å². The molecule has 0 saturated carbocycles. The van der Waals surface area contributed by atoms with E-state index in [9.17, 15) is 13.2 Å². The zero-order valence-corrected chi connectivity index (χ0v) is 15.6. The molecule has 0 bridgehead atoms. The zero-order chi connectivity index (χ0) is 19.1. The lowest BCUT2D eigenvalue weighted by molar-refractivity contribution is -0.137. The molecule has 4 nitrogen and oxygen atoms in total. The highest BCUT2D eigenvalue weighted by molar-refractivity contribution is 6.41. The van der Waals surface area contributed by atoms with Crippen molar-refractivity contribution in [2.24, 2.45) is 10.9 Å². The van der Waals surface area contributed by atoms with Crippen molar-refractivity contribution in [3.63, 3.8) is 0 Å². The van der Waals surface area contributed by atoms with E-state index in [1.54, 1.807) is 0 Å². The Kier molecular flexibility index (Phi) is 5.30. The fourth-order valence-corrected chi connectivity index (χ4v) is 3.59. The number of benzene rings is 1. The molecule has 2 aliphatic rings. The van der Waals surface area contributed by atoms with Crippen LogP contribution in [0.1, 0.15) is 24.5 Å². The number of nitrogens with zero attached hydrogens (tertiary/aromatic N) is 3. The number of halogens is 4. The third kappa shape index (κ3) is 3.88. The fraction of sp³-hybridized carbons (Fsp3) is 0.556. The van der Waals surface area contributed by atoms with Crippen LogP contribution in [-0.2, 0) is 12.6 Å². The Hall–Kier alpha value is -1.60. The van der Waals surface area contributed by atoms with Crippen molar-refractivity contribution >= 4 is 28.8 Å². The van der Waals surface area contributed by atoms with Gasteiger partial charge in [-0.3, -0.25) is 0 Å². The van der Waals surface area contributed by atoms with Gasteiger partial charge in [0.15, 0.2) is 5.84 Å². The largest absolute Gasteiger partial charge is 0.417 e. The minimum atomic E-state index is -4.53. The Labute approximate surface area is 156 Å². The molecule has 0 aromatic heterocycles. The van der Waals surface area contributed by atoms with Crippen LogP contribution in [0.4, 0.5) is 18.9 Å². The monoisotopic (exact) mass is 386 g/mol. The van der Waals surface area contributed by atoms with Crippen LogP contribution < -0.4 is 0 Å². The Morgan fingerprint density at radius 3 is 2.46 bits per heavy atom. The Bertz CT molecular complexity index is 737. The van der Waals surface area contributed by atoms with Crippen LogP contribution in [0, 0.1) is 11.3 Å². The number of rotatable bonds is 0. The van der Waals surface area contributed by atoms with Crippen molar-refractivity contribution < 1.29 is 13.2 Å². The molecule has 0 amide bonds. The Morgan fingerprint density at radius 2 is 1.85 bits per heavy atom. The van der Waals surface area contributed by atoms with Gasteiger partial charge in [-0.15, -0.1) is 0 Å². The number of piperazine rings is 1. The minimum Gasteiger partial charge on any atom is -0.353 e. The second kappa shape index (κ2) is 7.19. The first kappa shape index (κ1) is 19.2. The predicted octanol–water partition coefficient (Wildman–Crippen LogP) is 4.24. The number of alkyl halides is 3. The number of amidine groups is 1. The average Bonchev–Trinajstić information content (AvgIpc) is 2.57. The second-order valence-corrected chi connectivity index (χ2v) is 7.44. The molecular weight excluding hydrogens is 365 g/mol. The summed E-state index contributed by atoms with van der Waals surface area (Å²) in [6, 6.07) is 2.41. The molecule has 0 aliphatic carbocycles. The Balaban J connectivity index is 2.08. The molecule has 0 spiro atoms. The molecule has 1 fully saturated rings. The van der Waals surface area contributed by atoms with Gasteiger partial charge in [-0.1, -0.05) is 18.5 Å². The lowest BCUT2D eigenvalue weighted by Crippen LogP contribution is -2.50. The number of nitrogens with one attached hydrogen (secondary N) is 1. The van der Waals surface area contributed by atoms with Crippen LogP contribution >= 0.6 is 11.6 Å². The maximum absolute atomic E-state index is 13.2. The number of fused-ring (bicyclic) bond motifs is 1. The van der Waals surface area contributed by atoms with Gasteiger partial charge < -0.3 is 15.2 Å². The standard InChI is InChI=1S/C18H22ClF3N4/c1-11-3-4-12-9-14(19)13(18(20,21)22)10-15(12)24-17(16(11)23)26-7-5-25(2)6-8-26/h9-11,23H,3-8H2,1-2H3. The first-order valence-corrected chi connectivity index (χ1v) is 9.05. The van der Waals surface area contributed by atoms with Gasteiger partial charge >= 0.3 is 6.18 Å². The van der Waals surface area contributed by atoms with E-state index in [0.717, 1.165) is 19.2 Å². The summed E-state index contributed by atoms with van der Waals surface area (Å²) in [5, 5.41) is 8.21. The molecule has 1 saturated heterocycles. The topological polar surface area (TPSA) is 42.7 Å². The van der Waals surface area contributed by atoms with Gasteiger partial charge in [-0.2, -0.15) is 13.2 Å². The number of aliphatic imine (C=N–C) groups is 1. The van der Waals surface area contributed by atoms with Crippen LogP contribution in [0.2, 0.25) is 5.02 Å². The molecule has 1 unspecified atom stereocenters. The van der Waals surface area contributed by atoms with Crippen molar-refractivity contribution in [1.82, 2.24) is 9.80 Å². The molecule has 1 N–H and O–H groups in total.